The van der Waals surface area contributed by atoms with Crippen LogP contribution in [0.1, 0.15) is 63.5 Å². The summed E-state index contributed by atoms with van der Waals surface area (Å²) in [6.45, 7) is 1.17. The third-order valence-electron chi connectivity index (χ3n) is 7.45. The van der Waals surface area contributed by atoms with Crippen LogP contribution in [-0.2, 0) is 26.2 Å². The minimum Gasteiger partial charge on any atom is -0.465 e. The number of esters is 1. The topological polar surface area (TPSA) is 51.1 Å². The minimum atomic E-state index is -4.77. The lowest BCUT2D eigenvalue weighted by atomic mass is 9.93. The fourth-order valence-corrected chi connectivity index (χ4v) is 6.18. The molecule has 2 atom stereocenters. The van der Waals surface area contributed by atoms with Crippen LogP contribution in [0.25, 0.3) is 0 Å². The monoisotopic (exact) mass is 590 g/mol. The molecule has 4 rings (SSSR count). The lowest BCUT2D eigenvalue weighted by molar-refractivity contribution is -0.144. The van der Waals surface area contributed by atoms with Gasteiger partial charge in [0.15, 0.2) is 11.6 Å². The van der Waals surface area contributed by atoms with Gasteiger partial charge in [-0.15, -0.1) is 11.8 Å². The molecule has 0 radical (unpaired) electrons. The van der Waals surface area contributed by atoms with Crippen molar-refractivity contribution in [2.75, 3.05) is 18.9 Å². The van der Waals surface area contributed by atoms with Gasteiger partial charge in [-0.05, 0) is 48.4 Å². The maximum atomic E-state index is 15.5. The van der Waals surface area contributed by atoms with Crippen LogP contribution in [0.4, 0.5) is 26.3 Å². The number of rotatable bonds is 12. The number of hydrogen-bond acceptors (Lipinski definition) is 6. The molecule has 0 bridgehead atoms. The zero-order valence-corrected chi connectivity index (χ0v) is 23.1. The van der Waals surface area contributed by atoms with E-state index < -0.39 is 35.5 Å². The van der Waals surface area contributed by atoms with Crippen molar-refractivity contribution in [3.8, 4) is 0 Å². The van der Waals surface area contributed by atoms with Crippen molar-refractivity contribution in [3.63, 3.8) is 0 Å². The molecule has 1 aromatic rings. The van der Waals surface area contributed by atoms with E-state index >= 15 is 4.39 Å². The summed E-state index contributed by atoms with van der Waals surface area (Å²) in [4.78, 5) is 18.2. The summed E-state index contributed by atoms with van der Waals surface area (Å²) in [5.41, 5.74) is -1.33. The van der Waals surface area contributed by atoms with E-state index in [1.54, 1.807) is 12.1 Å². The zero-order valence-electron chi connectivity index (χ0n) is 22.3. The molecule has 12 heteroatoms. The van der Waals surface area contributed by atoms with Crippen molar-refractivity contribution < 1.29 is 40.6 Å². The van der Waals surface area contributed by atoms with Crippen molar-refractivity contribution in [1.29, 1.82) is 0 Å². The first-order chi connectivity index (χ1) is 19.0. The molecule has 1 spiro atoms. The van der Waals surface area contributed by atoms with Crippen LogP contribution in [0.15, 0.2) is 45.6 Å². The quantitative estimate of drug-likeness (QED) is 0.143. The molecule has 3 aliphatic rings. The standard InChI is InChI=1S/C28H32F6N2O3S/c1-3-5-6-17(4-2)15-38-23(37)10-12-40-22-8-7-20-19(24(22)29)9-11-27(20)16-36-14-18(28(32,33)34)13-21(25(36)35-27)39-26(30)31/h7-8,13-14,17,26H,3-6,9-12,15-16H2,1-2H3/t17?,27-/m1/s1. The summed E-state index contributed by atoms with van der Waals surface area (Å²) in [5, 5.41) is 0. The van der Waals surface area contributed by atoms with Crippen LogP contribution in [0, 0.1) is 11.7 Å². The summed E-state index contributed by atoms with van der Waals surface area (Å²) < 4.78 is 91.4. The van der Waals surface area contributed by atoms with Crippen LogP contribution in [0.3, 0.4) is 0 Å². The number of thioether (sulfide) groups is 1. The number of hydrogen-bond donors (Lipinski definition) is 0. The molecule has 0 amide bonds. The van der Waals surface area contributed by atoms with E-state index in [9.17, 15) is 26.7 Å². The lowest BCUT2D eigenvalue weighted by Gasteiger charge is -2.26. The van der Waals surface area contributed by atoms with Gasteiger partial charge in [0.25, 0.3) is 0 Å². The summed E-state index contributed by atoms with van der Waals surface area (Å²) in [6.07, 6.45) is 1.38. The highest BCUT2D eigenvalue weighted by Crippen LogP contribution is 2.48. The van der Waals surface area contributed by atoms with Gasteiger partial charge in [-0.2, -0.15) is 22.0 Å². The molecule has 1 aliphatic carbocycles. The van der Waals surface area contributed by atoms with Gasteiger partial charge in [-0.25, -0.2) is 4.39 Å². The molecule has 0 saturated carbocycles. The van der Waals surface area contributed by atoms with Crippen molar-refractivity contribution >= 4 is 23.6 Å². The fourth-order valence-electron chi connectivity index (χ4n) is 5.27. The predicted molar refractivity (Wildman–Crippen MR) is 139 cm³/mol. The molecule has 40 heavy (non-hydrogen) atoms. The second-order valence-electron chi connectivity index (χ2n) is 10.2. The molecule has 2 aliphatic heterocycles. The Kier molecular flexibility index (Phi) is 9.47. The minimum absolute atomic E-state index is 0.0619. The fraction of sp³-hybridized carbons (Fsp3) is 0.571. The highest BCUT2D eigenvalue weighted by molar-refractivity contribution is 7.99. The largest absolute Gasteiger partial charge is 0.465 e. The highest BCUT2D eigenvalue weighted by Gasteiger charge is 2.49. The number of benzene rings is 1. The first-order valence-electron chi connectivity index (χ1n) is 13.4. The molecule has 5 nitrogen and oxygen atoms in total. The second-order valence-corrected chi connectivity index (χ2v) is 11.3. The maximum Gasteiger partial charge on any atom is 0.417 e. The highest BCUT2D eigenvalue weighted by atomic mass is 32.2. The van der Waals surface area contributed by atoms with E-state index in [4.69, 9.17) is 4.74 Å². The zero-order chi connectivity index (χ0) is 29.1. The second kappa shape index (κ2) is 12.5. The van der Waals surface area contributed by atoms with E-state index in [2.05, 4.69) is 23.6 Å². The van der Waals surface area contributed by atoms with Crippen LogP contribution >= 0.6 is 11.8 Å². The normalized spacial score (nSPS) is 20.7. The smallest absolute Gasteiger partial charge is 0.417 e. The van der Waals surface area contributed by atoms with Gasteiger partial charge in [0.1, 0.15) is 11.4 Å². The van der Waals surface area contributed by atoms with Crippen LogP contribution in [0.2, 0.25) is 0 Å². The van der Waals surface area contributed by atoms with Crippen molar-refractivity contribution in [3.05, 3.63) is 52.7 Å². The van der Waals surface area contributed by atoms with Crippen molar-refractivity contribution in [2.45, 2.75) is 82.0 Å². The Balaban J connectivity index is 1.44. The lowest BCUT2D eigenvalue weighted by Crippen LogP contribution is -2.34. The summed E-state index contributed by atoms with van der Waals surface area (Å²) in [5.74, 6) is -0.951. The van der Waals surface area contributed by atoms with Crippen molar-refractivity contribution in [1.82, 2.24) is 4.90 Å². The Morgan fingerprint density at radius 3 is 2.70 bits per heavy atom. The van der Waals surface area contributed by atoms with Gasteiger partial charge < -0.3 is 14.4 Å². The molecule has 2 heterocycles. The molecule has 0 N–H and O–H groups in total. The predicted octanol–water partition coefficient (Wildman–Crippen LogP) is 7.51. The molecule has 1 unspecified atom stereocenters. The number of amidine groups is 1. The van der Waals surface area contributed by atoms with Crippen LogP contribution in [0.5, 0.6) is 0 Å². The number of alkyl halides is 5. The Hall–Kier alpha value is -2.63. The van der Waals surface area contributed by atoms with Gasteiger partial charge >= 0.3 is 18.8 Å². The number of carbonyl (C=O) groups excluding carboxylic acids is 1. The van der Waals surface area contributed by atoms with E-state index in [-0.39, 0.29) is 31.2 Å². The van der Waals surface area contributed by atoms with Crippen LogP contribution < -0.4 is 0 Å². The number of halogens is 6. The van der Waals surface area contributed by atoms with Gasteiger partial charge in [-0.3, -0.25) is 9.79 Å². The maximum absolute atomic E-state index is 15.5. The number of fused-ring (bicyclic) bond motifs is 3. The first-order valence-corrected chi connectivity index (χ1v) is 14.4. The molecule has 220 valence electrons. The van der Waals surface area contributed by atoms with Gasteiger partial charge in [0, 0.05) is 16.8 Å². The average molecular weight is 591 g/mol. The van der Waals surface area contributed by atoms with Gasteiger partial charge in [0.2, 0.25) is 0 Å². The SMILES string of the molecule is CCCCC(CC)COC(=O)CCSc1ccc2c(c1F)CC[C@@]21CN2C=C(C(F)(F)F)C=C(OC(F)F)C2=N1. The molecule has 1 aromatic carbocycles. The third-order valence-corrected chi connectivity index (χ3v) is 8.49. The third kappa shape index (κ3) is 6.63. The Morgan fingerprint density at radius 2 is 2.02 bits per heavy atom. The average Bonchev–Trinajstić information content (AvgIpc) is 3.45. The van der Waals surface area contributed by atoms with Gasteiger partial charge in [-0.1, -0.05) is 39.2 Å². The summed E-state index contributed by atoms with van der Waals surface area (Å²) in [6, 6.07) is 3.25. The molecular formula is C28H32F6N2O3S. The summed E-state index contributed by atoms with van der Waals surface area (Å²) in [7, 11) is 0. The Bertz CT molecular complexity index is 1200. The van der Waals surface area contributed by atoms with E-state index in [1.807, 2.05) is 0 Å². The molecule has 0 fully saturated rings. The molecule has 0 aromatic heterocycles. The summed E-state index contributed by atoms with van der Waals surface area (Å²) >= 11 is 1.19. The Morgan fingerprint density at radius 1 is 1.25 bits per heavy atom. The first kappa shape index (κ1) is 30.3. The number of allylic oxidation sites excluding steroid dienone is 2. The van der Waals surface area contributed by atoms with Crippen LogP contribution in [-0.4, -0.2) is 48.4 Å². The number of carbonyl (C=O) groups is 1. The van der Waals surface area contributed by atoms with E-state index in [1.165, 1.54) is 11.8 Å². The molecule has 0 saturated heterocycles. The molecular weight excluding hydrogens is 558 g/mol. The van der Waals surface area contributed by atoms with E-state index in [0.29, 0.717) is 46.8 Å². The van der Waals surface area contributed by atoms with E-state index in [0.717, 1.165) is 36.8 Å². The number of unbranched alkanes of at least 4 members (excludes halogenated alkanes) is 1. The van der Waals surface area contributed by atoms with Gasteiger partial charge in [0.05, 0.1) is 25.1 Å². The number of nitrogens with zero attached hydrogens (tertiary/aromatic N) is 2. The number of aliphatic imine (C=N–C) groups is 1. The number of ether oxygens (including phenoxy) is 2. The Labute approximate surface area is 233 Å². The van der Waals surface area contributed by atoms with Crippen molar-refractivity contribution in [2.24, 2.45) is 10.9 Å².